The number of hydrogen-bond acceptors (Lipinski definition) is 4. The molecule has 0 unspecified atom stereocenters. The van der Waals surface area contributed by atoms with Gasteiger partial charge in [-0.05, 0) is 118 Å². The first-order chi connectivity index (χ1) is 16.9. The summed E-state index contributed by atoms with van der Waals surface area (Å²) in [5, 5.41) is 13.8. The first kappa shape index (κ1) is 24.2. The van der Waals surface area contributed by atoms with Crippen LogP contribution in [0.4, 0.5) is 34.1 Å². The summed E-state index contributed by atoms with van der Waals surface area (Å²) >= 11 is 0. The van der Waals surface area contributed by atoms with E-state index in [-0.39, 0.29) is 0 Å². The number of nitrogens with one attached hydrogen (secondary N) is 4. The van der Waals surface area contributed by atoms with Gasteiger partial charge in [0, 0.05) is 46.2 Å². The largest absolute Gasteiger partial charge is 0.383 e. The van der Waals surface area contributed by atoms with E-state index >= 15 is 0 Å². The zero-order valence-electron chi connectivity index (χ0n) is 21.1. The fraction of sp³-hybridized carbons (Fsp3) is 0.226. The lowest BCUT2D eigenvalue weighted by molar-refractivity contribution is 0.899. The molecular weight excluding hydrogens is 428 g/mol. The molecule has 4 aromatic rings. The molecule has 0 aliphatic carbocycles. The van der Waals surface area contributed by atoms with Crippen molar-refractivity contribution in [3.8, 4) is 0 Å². The quantitative estimate of drug-likeness (QED) is 0.190. The molecule has 0 fully saturated rings. The van der Waals surface area contributed by atoms with Gasteiger partial charge in [-0.1, -0.05) is 24.3 Å². The normalized spacial score (nSPS) is 10.9. The van der Waals surface area contributed by atoms with Crippen molar-refractivity contribution in [1.82, 2.24) is 0 Å². The molecule has 4 heteroatoms. The average Bonchev–Trinajstić information content (AvgIpc) is 2.83. The van der Waals surface area contributed by atoms with Gasteiger partial charge in [0.1, 0.15) is 0 Å². The van der Waals surface area contributed by atoms with E-state index in [1.807, 2.05) is 0 Å². The van der Waals surface area contributed by atoms with Gasteiger partial charge in [0.05, 0.1) is 0 Å². The van der Waals surface area contributed by atoms with Crippen molar-refractivity contribution in [2.45, 2.75) is 46.2 Å². The molecule has 180 valence electrons. The molecule has 0 spiro atoms. The van der Waals surface area contributed by atoms with Crippen molar-refractivity contribution in [1.29, 1.82) is 0 Å². The number of rotatable bonds is 10. The average molecular weight is 465 g/mol. The Bertz CT molecular complexity index is 1080. The first-order valence-corrected chi connectivity index (χ1v) is 12.4. The summed E-state index contributed by atoms with van der Waals surface area (Å²) in [7, 11) is 0. The van der Waals surface area contributed by atoms with E-state index in [1.165, 1.54) is 11.1 Å². The molecule has 0 heterocycles. The van der Waals surface area contributed by atoms with Crippen molar-refractivity contribution >= 4 is 34.1 Å². The van der Waals surface area contributed by atoms with Gasteiger partial charge in [-0.3, -0.25) is 0 Å². The third-order valence-electron chi connectivity index (χ3n) is 5.57. The van der Waals surface area contributed by atoms with Crippen LogP contribution in [0.1, 0.15) is 38.8 Å². The number of hydrogen-bond donors (Lipinski definition) is 4. The van der Waals surface area contributed by atoms with Crippen LogP contribution in [0.15, 0.2) is 97.1 Å². The van der Waals surface area contributed by atoms with E-state index in [0.29, 0.717) is 12.1 Å². The Balaban J connectivity index is 1.30. The SMILES string of the molecule is CC(C)Nc1ccc(Nc2ccc(Cc3ccc(Nc4ccc(NC(C)C)cc4)cc3)cc2)cc1. The Morgan fingerprint density at radius 1 is 0.400 bits per heavy atom. The molecule has 0 atom stereocenters. The molecule has 4 N–H and O–H groups in total. The van der Waals surface area contributed by atoms with Gasteiger partial charge >= 0.3 is 0 Å². The van der Waals surface area contributed by atoms with Gasteiger partial charge in [0.25, 0.3) is 0 Å². The summed E-state index contributed by atoms with van der Waals surface area (Å²) < 4.78 is 0. The van der Waals surface area contributed by atoms with Crippen molar-refractivity contribution in [3.05, 3.63) is 108 Å². The number of anilines is 6. The highest BCUT2D eigenvalue weighted by molar-refractivity contribution is 5.64. The van der Waals surface area contributed by atoms with Crippen LogP contribution in [0, 0.1) is 0 Å². The molecule has 0 saturated heterocycles. The maximum absolute atomic E-state index is 3.48. The second-order valence-electron chi connectivity index (χ2n) is 9.57. The van der Waals surface area contributed by atoms with Crippen molar-refractivity contribution in [2.24, 2.45) is 0 Å². The highest BCUT2D eigenvalue weighted by Crippen LogP contribution is 2.23. The summed E-state index contributed by atoms with van der Waals surface area (Å²) in [6, 6.07) is 35.0. The minimum atomic E-state index is 0.429. The van der Waals surface area contributed by atoms with Crippen LogP contribution in [0.25, 0.3) is 0 Å². The highest BCUT2D eigenvalue weighted by Gasteiger charge is 2.02. The molecule has 0 aliphatic rings. The molecule has 4 aromatic carbocycles. The van der Waals surface area contributed by atoms with Crippen LogP contribution in [-0.2, 0) is 6.42 Å². The summed E-state index contributed by atoms with van der Waals surface area (Å²) in [5.74, 6) is 0. The summed E-state index contributed by atoms with van der Waals surface area (Å²) in [6.07, 6.45) is 0.908. The monoisotopic (exact) mass is 464 g/mol. The summed E-state index contributed by atoms with van der Waals surface area (Å²) in [4.78, 5) is 0. The van der Waals surface area contributed by atoms with Crippen molar-refractivity contribution in [3.63, 3.8) is 0 Å². The van der Waals surface area contributed by atoms with Gasteiger partial charge in [-0.2, -0.15) is 0 Å². The predicted octanol–water partition coefficient (Wildman–Crippen LogP) is 8.41. The maximum Gasteiger partial charge on any atom is 0.0385 e. The molecule has 0 amide bonds. The standard InChI is InChI=1S/C31H36N4/c1-22(2)32-26-13-17-30(18-14-26)34-28-9-5-24(6-10-28)21-25-7-11-29(12-8-25)35-31-19-15-27(16-20-31)33-23(3)4/h5-20,22-23,32-35H,21H2,1-4H3. The van der Waals surface area contributed by atoms with Gasteiger partial charge in [0.15, 0.2) is 0 Å². The number of benzene rings is 4. The Morgan fingerprint density at radius 3 is 0.943 bits per heavy atom. The Labute approximate surface area is 209 Å². The topological polar surface area (TPSA) is 48.1 Å². The van der Waals surface area contributed by atoms with Crippen LogP contribution in [0.3, 0.4) is 0 Å². The second kappa shape index (κ2) is 11.5. The lowest BCUT2D eigenvalue weighted by atomic mass is 10.0. The molecule has 0 radical (unpaired) electrons. The smallest absolute Gasteiger partial charge is 0.0385 e. The van der Waals surface area contributed by atoms with Gasteiger partial charge in [0.2, 0.25) is 0 Å². The van der Waals surface area contributed by atoms with Crippen LogP contribution in [-0.4, -0.2) is 12.1 Å². The van der Waals surface area contributed by atoms with Gasteiger partial charge < -0.3 is 21.3 Å². The maximum atomic E-state index is 3.48. The second-order valence-corrected chi connectivity index (χ2v) is 9.57. The van der Waals surface area contributed by atoms with Crippen LogP contribution in [0.5, 0.6) is 0 Å². The Hall–Kier alpha value is -3.92. The molecule has 0 aromatic heterocycles. The minimum absolute atomic E-state index is 0.429. The zero-order chi connectivity index (χ0) is 24.6. The van der Waals surface area contributed by atoms with E-state index in [9.17, 15) is 0 Å². The van der Waals surface area contributed by atoms with E-state index < -0.39 is 0 Å². The summed E-state index contributed by atoms with van der Waals surface area (Å²) in [5.41, 5.74) is 9.21. The Morgan fingerprint density at radius 2 is 0.657 bits per heavy atom. The van der Waals surface area contributed by atoms with Crippen molar-refractivity contribution < 1.29 is 0 Å². The molecular formula is C31H36N4. The highest BCUT2D eigenvalue weighted by atomic mass is 14.9. The summed E-state index contributed by atoms with van der Waals surface area (Å²) in [6.45, 7) is 8.57. The first-order valence-electron chi connectivity index (χ1n) is 12.4. The zero-order valence-corrected chi connectivity index (χ0v) is 21.1. The van der Waals surface area contributed by atoms with E-state index in [0.717, 1.165) is 40.5 Å². The molecule has 4 rings (SSSR count). The van der Waals surface area contributed by atoms with Crippen LogP contribution < -0.4 is 21.3 Å². The lowest BCUT2D eigenvalue weighted by Gasteiger charge is -2.12. The molecule has 0 saturated carbocycles. The lowest BCUT2D eigenvalue weighted by Crippen LogP contribution is -2.09. The van der Waals surface area contributed by atoms with Gasteiger partial charge in [-0.25, -0.2) is 0 Å². The molecule has 0 bridgehead atoms. The third-order valence-corrected chi connectivity index (χ3v) is 5.57. The van der Waals surface area contributed by atoms with Crippen molar-refractivity contribution in [2.75, 3.05) is 21.3 Å². The van der Waals surface area contributed by atoms with Crippen LogP contribution >= 0.6 is 0 Å². The predicted molar refractivity (Wildman–Crippen MR) is 153 cm³/mol. The van der Waals surface area contributed by atoms with Crippen LogP contribution in [0.2, 0.25) is 0 Å². The fourth-order valence-corrected chi connectivity index (χ4v) is 3.95. The van der Waals surface area contributed by atoms with E-state index in [1.54, 1.807) is 0 Å². The molecule has 0 aliphatic heterocycles. The minimum Gasteiger partial charge on any atom is -0.383 e. The molecule has 35 heavy (non-hydrogen) atoms. The molecule has 4 nitrogen and oxygen atoms in total. The fourth-order valence-electron chi connectivity index (χ4n) is 3.95. The van der Waals surface area contributed by atoms with Gasteiger partial charge in [-0.15, -0.1) is 0 Å². The van der Waals surface area contributed by atoms with E-state index in [4.69, 9.17) is 0 Å². The Kier molecular flexibility index (Phi) is 7.94. The van der Waals surface area contributed by atoms with E-state index in [2.05, 4.69) is 146 Å². The third kappa shape index (κ3) is 7.54.